The molecule has 3 aromatic carbocycles. The van der Waals surface area contributed by atoms with Crippen molar-refractivity contribution in [3.63, 3.8) is 0 Å². The van der Waals surface area contributed by atoms with Crippen LogP contribution in [0.5, 0.6) is 11.5 Å². The Hall–Kier alpha value is -2.07. The fourth-order valence-electron chi connectivity index (χ4n) is 2.42. The van der Waals surface area contributed by atoms with Gasteiger partial charge in [0.2, 0.25) is 0 Å². The summed E-state index contributed by atoms with van der Waals surface area (Å²) < 4.78 is 38.0. The molecule has 0 bridgehead atoms. The summed E-state index contributed by atoms with van der Waals surface area (Å²) in [4.78, 5) is 12.0. The number of para-hydroxylation sites is 1. The van der Waals surface area contributed by atoms with Crippen LogP contribution in [0.2, 0.25) is 5.02 Å². The van der Waals surface area contributed by atoms with Crippen molar-refractivity contribution in [1.29, 1.82) is 0 Å². The van der Waals surface area contributed by atoms with Crippen LogP contribution in [0.15, 0.2) is 71.6 Å². The van der Waals surface area contributed by atoms with E-state index in [1.807, 2.05) is 19.1 Å². The van der Waals surface area contributed by atoms with Gasteiger partial charge in [0.05, 0.1) is 15.6 Å². The maximum atomic E-state index is 12.4. The average molecular weight is 456 g/mol. The van der Waals surface area contributed by atoms with Gasteiger partial charge in [-0.05, 0) is 49.4 Å². The Labute approximate surface area is 201 Å². The molecule has 0 atom stereocenters. The third-order valence-corrected chi connectivity index (χ3v) is 5.02. The predicted molar refractivity (Wildman–Crippen MR) is 112 cm³/mol. The molecule has 30 heavy (non-hydrogen) atoms. The number of nitrogens with one attached hydrogen (secondary N) is 2. The maximum absolute atomic E-state index is 12.4. The molecule has 0 aliphatic carbocycles. The van der Waals surface area contributed by atoms with Gasteiger partial charge in [-0.3, -0.25) is 4.55 Å². The second-order valence-corrected chi connectivity index (χ2v) is 7.94. The maximum Gasteiger partial charge on any atom is 1.00 e. The summed E-state index contributed by atoms with van der Waals surface area (Å²) in [6, 6.07) is 16.8. The van der Waals surface area contributed by atoms with E-state index in [4.69, 9.17) is 16.3 Å². The monoisotopic (exact) mass is 455 g/mol. The van der Waals surface area contributed by atoms with Gasteiger partial charge in [-0.15, -0.1) is 0 Å². The van der Waals surface area contributed by atoms with Crippen LogP contribution in [-0.2, 0) is 10.1 Å². The van der Waals surface area contributed by atoms with Crippen LogP contribution in [0.25, 0.3) is 0 Å². The number of amides is 2. The number of carbonyl (C=O) groups is 1. The summed E-state index contributed by atoms with van der Waals surface area (Å²) in [6.07, 6.45) is 0. The number of benzene rings is 3. The Morgan fingerprint density at radius 3 is 2.27 bits per heavy atom. The first-order valence-electron chi connectivity index (χ1n) is 8.41. The van der Waals surface area contributed by atoms with Gasteiger partial charge < -0.3 is 15.4 Å². The number of hydrogen-bond donors (Lipinski definition) is 3. The summed E-state index contributed by atoms with van der Waals surface area (Å²) in [6.45, 7) is 1.92. The number of rotatable bonds is 5. The molecule has 3 N–H and O–H groups in total. The molecule has 3 rings (SSSR count). The topological polar surface area (TPSA) is 105 Å². The van der Waals surface area contributed by atoms with E-state index in [2.05, 4.69) is 10.6 Å². The van der Waals surface area contributed by atoms with Crippen molar-refractivity contribution in [3.8, 4) is 11.5 Å². The smallest absolute Gasteiger partial charge is 0.454 e. The summed E-state index contributed by atoms with van der Waals surface area (Å²) >= 11 is 6.10. The number of ether oxygens (including phenoxy) is 1. The Balaban J connectivity index is 0.00000320. The SMILES string of the molecule is Cc1ccc(NC(=O)Nc2cc(S(=O)(=O)O)ccc2Oc2ccccc2Cl)cc1.[Na+]. The van der Waals surface area contributed by atoms with E-state index < -0.39 is 21.0 Å². The van der Waals surface area contributed by atoms with Gasteiger partial charge in [0, 0.05) is 5.69 Å². The first-order valence-corrected chi connectivity index (χ1v) is 10.2. The molecule has 0 spiro atoms. The third-order valence-electron chi connectivity index (χ3n) is 3.86. The van der Waals surface area contributed by atoms with Crippen molar-refractivity contribution in [1.82, 2.24) is 0 Å². The fourth-order valence-corrected chi connectivity index (χ4v) is 3.10. The van der Waals surface area contributed by atoms with E-state index in [0.717, 1.165) is 17.7 Å². The van der Waals surface area contributed by atoms with Gasteiger partial charge in [-0.25, -0.2) is 4.79 Å². The van der Waals surface area contributed by atoms with E-state index >= 15 is 0 Å². The molecule has 0 unspecified atom stereocenters. The minimum absolute atomic E-state index is 0. The Bertz CT molecular complexity index is 1150. The number of hydrogen-bond acceptors (Lipinski definition) is 4. The van der Waals surface area contributed by atoms with Crippen molar-refractivity contribution >= 4 is 39.1 Å². The first-order chi connectivity index (χ1) is 13.7. The minimum Gasteiger partial charge on any atom is -0.454 e. The van der Waals surface area contributed by atoms with Gasteiger partial charge in [0.1, 0.15) is 5.75 Å². The van der Waals surface area contributed by atoms with E-state index in [-0.39, 0.29) is 41.0 Å². The third kappa shape index (κ3) is 6.46. The van der Waals surface area contributed by atoms with E-state index in [1.165, 1.54) is 6.07 Å². The molecular formula is C20H17ClN2NaO5S+. The van der Waals surface area contributed by atoms with Crippen LogP contribution in [0.3, 0.4) is 0 Å². The quantitative estimate of drug-likeness (QED) is 0.404. The van der Waals surface area contributed by atoms with Gasteiger partial charge in [-0.1, -0.05) is 41.4 Å². The number of urea groups is 1. The van der Waals surface area contributed by atoms with Crippen LogP contribution >= 0.6 is 11.6 Å². The van der Waals surface area contributed by atoms with Gasteiger partial charge in [-0.2, -0.15) is 8.42 Å². The predicted octanol–water partition coefficient (Wildman–Crippen LogP) is 2.34. The fraction of sp³-hybridized carbons (Fsp3) is 0.0500. The Kier molecular flexibility index (Phi) is 8.31. The Morgan fingerprint density at radius 2 is 1.63 bits per heavy atom. The second-order valence-electron chi connectivity index (χ2n) is 6.11. The molecule has 0 aliphatic rings. The molecule has 3 aromatic rings. The largest absolute Gasteiger partial charge is 1.00 e. The average Bonchev–Trinajstić information content (AvgIpc) is 2.66. The molecule has 7 nitrogen and oxygen atoms in total. The summed E-state index contributed by atoms with van der Waals surface area (Å²) in [7, 11) is -4.48. The van der Waals surface area contributed by atoms with E-state index in [1.54, 1.807) is 36.4 Å². The molecule has 0 saturated heterocycles. The zero-order chi connectivity index (χ0) is 21.0. The van der Waals surface area contributed by atoms with Crippen LogP contribution in [-0.4, -0.2) is 19.0 Å². The molecule has 10 heteroatoms. The molecule has 0 radical (unpaired) electrons. The van der Waals surface area contributed by atoms with Crippen LogP contribution in [0.1, 0.15) is 5.56 Å². The molecule has 150 valence electrons. The van der Waals surface area contributed by atoms with Gasteiger partial charge >= 0.3 is 35.6 Å². The molecule has 2 amide bonds. The number of aryl methyl sites for hydroxylation is 1. The molecule has 0 heterocycles. The molecule has 0 aliphatic heterocycles. The van der Waals surface area contributed by atoms with Crippen molar-refractivity contribution in [2.24, 2.45) is 0 Å². The van der Waals surface area contributed by atoms with Crippen LogP contribution < -0.4 is 44.9 Å². The summed E-state index contributed by atoms with van der Waals surface area (Å²) in [5, 5.41) is 5.50. The number of halogens is 1. The van der Waals surface area contributed by atoms with Gasteiger partial charge in [0.15, 0.2) is 5.75 Å². The second kappa shape index (κ2) is 10.3. The summed E-state index contributed by atoms with van der Waals surface area (Å²) in [5.41, 5.74) is 1.62. The molecule has 0 aromatic heterocycles. The van der Waals surface area contributed by atoms with E-state index in [9.17, 15) is 17.8 Å². The van der Waals surface area contributed by atoms with Crippen molar-refractivity contribution < 1.29 is 52.1 Å². The van der Waals surface area contributed by atoms with Crippen molar-refractivity contribution in [2.45, 2.75) is 11.8 Å². The van der Waals surface area contributed by atoms with Gasteiger partial charge in [0.25, 0.3) is 10.1 Å². The van der Waals surface area contributed by atoms with Crippen LogP contribution in [0, 0.1) is 6.92 Å². The standard InChI is InChI=1S/C20H17ClN2O5S.Na/c1-13-6-8-14(9-7-13)22-20(24)23-17-12-15(29(25,26)27)10-11-19(17)28-18-5-3-2-4-16(18)21;/h2-12H,1H3,(H2,22,23,24)(H,25,26,27);/q;+1. The zero-order valence-electron chi connectivity index (χ0n) is 16.2. The minimum atomic E-state index is -4.48. The van der Waals surface area contributed by atoms with E-state index in [0.29, 0.717) is 16.5 Å². The molecule has 0 saturated carbocycles. The first kappa shape index (κ1) is 24.2. The Morgan fingerprint density at radius 1 is 0.967 bits per heavy atom. The summed E-state index contributed by atoms with van der Waals surface area (Å²) in [5.74, 6) is 0.459. The zero-order valence-corrected chi connectivity index (χ0v) is 19.8. The van der Waals surface area contributed by atoms with Crippen LogP contribution in [0.4, 0.5) is 16.2 Å². The molecule has 0 fully saturated rings. The molecular weight excluding hydrogens is 439 g/mol. The number of carbonyl (C=O) groups excluding carboxylic acids is 1. The normalized spacial score (nSPS) is 10.6. The van der Waals surface area contributed by atoms with Crippen molar-refractivity contribution in [2.75, 3.05) is 10.6 Å². The number of anilines is 2. The van der Waals surface area contributed by atoms with Crippen molar-refractivity contribution in [3.05, 3.63) is 77.3 Å².